The Balaban J connectivity index is 1.96. The normalized spacial score (nSPS) is 10.8. The highest BCUT2D eigenvalue weighted by Crippen LogP contribution is 2.09. The highest BCUT2D eigenvalue weighted by molar-refractivity contribution is 5.34. The zero-order valence-corrected chi connectivity index (χ0v) is 10.3. The highest BCUT2D eigenvalue weighted by Gasteiger charge is 2.03. The number of halogens is 1. The average Bonchev–Trinajstić information content (AvgIpc) is 2.32. The van der Waals surface area contributed by atoms with Crippen molar-refractivity contribution in [2.75, 3.05) is 12.8 Å². The molecule has 0 aliphatic heterocycles. The van der Waals surface area contributed by atoms with Gasteiger partial charge in [0.1, 0.15) is 5.82 Å². The van der Waals surface area contributed by atoms with Gasteiger partial charge in [-0.1, -0.05) is 12.1 Å². The Kier molecular flexibility index (Phi) is 3.89. The Labute approximate surface area is 106 Å². The summed E-state index contributed by atoms with van der Waals surface area (Å²) < 4.78 is 13.0. The maximum atomic E-state index is 13.0. The molecule has 0 atom stereocenters. The van der Waals surface area contributed by atoms with E-state index in [4.69, 9.17) is 5.73 Å². The van der Waals surface area contributed by atoms with Crippen LogP contribution in [0.3, 0.4) is 0 Å². The Bertz CT molecular complexity index is 511. The third-order valence-corrected chi connectivity index (χ3v) is 2.62. The minimum atomic E-state index is -0.202. The molecule has 0 fully saturated rings. The molecular weight excluding hydrogens is 229 g/mol. The van der Waals surface area contributed by atoms with Gasteiger partial charge in [0.25, 0.3) is 0 Å². The number of anilines is 1. The Morgan fingerprint density at radius 3 is 2.72 bits per heavy atom. The summed E-state index contributed by atoms with van der Waals surface area (Å²) >= 11 is 0. The van der Waals surface area contributed by atoms with E-state index in [0.717, 1.165) is 11.3 Å². The average molecular weight is 245 g/mol. The molecule has 1 aromatic heterocycles. The maximum absolute atomic E-state index is 13.0. The van der Waals surface area contributed by atoms with Crippen molar-refractivity contribution in [3.8, 4) is 0 Å². The summed E-state index contributed by atoms with van der Waals surface area (Å²) in [6.45, 7) is 1.39. The zero-order chi connectivity index (χ0) is 13.0. The summed E-state index contributed by atoms with van der Waals surface area (Å²) in [5.74, 6) is -0.202. The molecule has 0 aliphatic rings. The first-order valence-electron chi connectivity index (χ1n) is 5.77. The lowest BCUT2D eigenvalue weighted by Gasteiger charge is -2.16. The Hall–Kier alpha value is -1.94. The minimum absolute atomic E-state index is 0.202. The fraction of sp³-hybridized carbons (Fsp3) is 0.214. The number of nitrogens with zero attached hydrogens (tertiary/aromatic N) is 2. The van der Waals surface area contributed by atoms with Crippen LogP contribution in [0, 0.1) is 5.82 Å². The first kappa shape index (κ1) is 12.5. The molecule has 18 heavy (non-hydrogen) atoms. The smallest absolute Gasteiger partial charge is 0.123 e. The molecule has 0 spiro atoms. The second-order valence-electron chi connectivity index (χ2n) is 4.39. The molecule has 0 unspecified atom stereocenters. The van der Waals surface area contributed by atoms with Gasteiger partial charge in [0.2, 0.25) is 0 Å². The van der Waals surface area contributed by atoms with E-state index in [1.54, 1.807) is 18.3 Å². The predicted molar refractivity (Wildman–Crippen MR) is 70.2 cm³/mol. The Morgan fingerprint density at radius 2 is 2.06 bits per heavy atom. The molecule has 94 valence electrons. The number of rotatable bonds is 4. The zero-order valence-electron chi connectivity index (χ0n) is 10.3. The van der Waals surface area contributed by atoms with Crippen LogP contribution in [0.2, 0.25) is 0 Å². The predicted octanol–water partition coefficient (Wildman–Crippen LogP) is 2.43. The van der Waals surface area contributed by atoms with Crippen LogP contribution >= 0.6 is 0 Å². The monoisotopic (exact) mass is 245 g/mol. The van der Waals surface area contributed by atoms with Crippen LogP contribution in [0.1, 0.15) is 11.3 Å². The van der Waals surface area contributed by atoms with Crippen molar-refractivity contribution >= 4 is 5.69 Å². The topological polar surface area (TPSA) is 42.1 Å². The first-order chi connectivity index (χ1) is 8.63. The number of hydrogen-bond donors (Lipinski definition) is 1. The molecule has 1 heterocycles. The summed E-state index contributed by atoms with van der Waals surface area (Å²) in [5, 5.41) is 0. The number of aromatic nitrogens is 1. The van der Waals surface area contributed by atoms with Gasteiger partial charge in [-0.2, -0.15) is 0 Å². The molecule has 0 bridgehead atoms. The summed E-state index contributed by atoms with van der Waals surface area (Å²) in [4.78, 5) is 6.31. The summed E-state index contributed by atoms with van der Waals surface area (Å²) in [7, 11) is 1.98. The van der Waals surface area contributed by atoms with Crippen molar-refractivity contribution in [2.24, 2.45) is 0 Å². The van der Waals surface area contributed by atoms with Crippen LogP contribution in [0.15, 0.2) is 42.6 Å². The van der Waals surface area contributed by atoms with E-state index in [1.165, 1.54) is 6.07 Å². The minimum Gasteiger partial charge on any atom is -0.397 e. The van der Waals surface area contributed by atoms with E-state index in [-0.39, 0.29) is 5.82 Å². The SMILES string of the molecule is CN(Cc1cccc(F)c1)Cc1ccc(N)cn1. The maximum Gasteiger partial charge on any atom is 0.123 e. The van der Waals surface area contributed by atoms with E-state index in [1.807, 2.05) is 25.2 Å². The molecule has 0 amide bonds. The molecule has 0 aliphatic carbocycles. The standard InChI is InChI=1S/C14H16FN3/c1-18(9-11-3-2-4-12(15)7-11)10-14-6-5-13(16)8-17-14/h2-8H,9-10,16H2,1H3. The first-order valence-corrected chi connectivity index (χ1v) is 5.77. The molecule has 0 saturated heterocycles. The highest BCUT2D eigenvalue weighted by atomic mass is 19.1. The molecule has 1 aromatic carbocycles. The summed E-state index contributed by atoms with van der Waals surface area (Å²) in [6.07, 6.45) is 1.64. The van der Waals surface area contributed by atoms with E-state index < -0.39 is 0 Å². The lowest BCUT2D eigenvalue weighted by molar-refractivity contribution is 0.314. The fourth-order valence-corrected chi connectivity index (χ4v) is 1.81. The molecule has 2 rings (SSSR count). The number of nitrogens with two attached hydrogens (primary N) is 1. The number of benzene rings is 1. The number of pyridine rings is 1. The lowest BCUT2D eigenvalue weighted by Crippen LogP contribution is -2.18. The van der Waals surface area contributed by atoms with Gasteiger partial charge in [-0.05, 0) is 36.9 Å². The summed E-state index contributed by atoms with van der Waals surface area (Å²) in [6, 6.07) is 10.4. The van der Waals surface area contributed by atoms with E-state index in [0.29, 0.717) is 18.8 Å². The lowest BCUT2D eigenvalue weighted by atomic mass is 10.2. The van der Waals surface area contributed by atoms with Crippen LogP contribution in [0.4, 0.5) is 10.1 Å². The molecule has 2 aromatic rings. The fourth-order valence-electron chi connectivity index (χ4n) is 1.81. The Morgan fingerprint density at radius 1 is 1.22 bits per heavy atom. The van der Waals surface area contributed by atoms with Gasteiger partial charge < -0.3 is 5.73 Å². The van der Waals surface area contributed by atoms with Gasteiger partial charge in [-0.15, -0.1) is 0 Å². The van der Waals surface area contributed by atoms with Crippen LogP contribution in [-0.2, 0) is 13.1 Å². The second kappa shape index (κ2) is 5.60. The third kappa shape index (κ3) is 3.53. The van der Waals surface area contributed by atoms with Gasteiger partial charge in [0.15, 0.2) is 0 Å². The second-order valence-corrected chi connectivity index (χ2v) is 4.39. The van der Waals surface area contributed by atoms with Crippen molar-refractivity contribution in [3.63, 3.8) is 0 Å². The van der Waals surface area contributed by atoms with E-state index in [2.05, 4.69) is 9.88 Å². The van der Waals surface area contributed by atoms with Crippen LogP contribution in [-0.4, -0.2) is 16.9 Å². The largest absolute Gasteiger partial charge is 0.397 e. The molecule has 4 heteroatoms. The van der Waals surface area contributed by atoms with Gasteiger partial charge >= 0.3 is 0 Å². The van der Waals surface area contributed by atoms with Gasteiger partial charge in [-0.3, -0.25) is 9.88 Å². The van der Waals surface area contributed by atoms with Crippen molar-refractivity contribution in [2.45, 2.75) is 13.1 Å². The van der Waals surface area contributed by atoms with E-state index in [9.17, 15) is 4.39 Å². The van der Waals surface area contributed by atoms with Gasteiger partial charge in [-0.25, -0.2) is 4.39 Å². The summed E-state index contributed by atoms with van der Waals surface area (Å²) in [5.41, 5.74) is 8.14. The number of hydrogen-bond acceptors (Lipinski definition) is 3. The molecule has 0 radical (unpaired) electrons. The van der Waals surface area contributed by atoms with E-state index >= 15 is 0 Å². The van der Waals surface area contributed by atoms with Crippen molar-refractivity contribution in [3.05, 3.63) is 59.7 Å². The quantitative estimate of drug-likeness (QED) is 0.899. The molecular formula is C14H16FN3. The van der Waals surface area contributed by atoms with Crippen molar-refractivity contribution in [1.29, 1.82) is 0 Å². The van der Waals surface area contributed by atoms with Gasteiger partial charge in [0, 0.05) is 13.1 Å². The van der Waals surface area contributed by atoms with Crippen LogP contribution in [0.25, 0.3) is 0 Å². The third-order valence-electron chi connectivity index (χ3n) is 2.62. The van der Waals surface area contributed by atoms with Crippen LogP contribution in [0.5, 0.6) is 0 Å². The molecule has 2 N–H and O–H groups in total. The van der Waals surface area contributed by atoms with Crippen molar-refractivity contribution < 1.29 is 4.39 Å². The van der Waals surface area contributed by atoms with Crippen molar-refractivity contribution in [1.82, 2.24) is 9.88 Å². The van der Waals surface area contributed by atoms with Crippen LogP contribution < -0.4 is 5.73 Å². The van der Waals surface area contributed by atoms with Gasteiger partial charge in [0.05, 0.1) is 17.6 Å². The molecule has 0 saturated carbocycles. The number of nitrogen functional groups attached to an aromatic ring is 1. The molecule has 3 nitrogen and oxygen atoms in total.